The van der Waals surface area contributed by atoms with Crippen LogP contribution in [0.3, 0.4) is 0 Å². The van der Waals surface area contributed by atoms with Gasteiger partial charge >= 0.3 is 0 Å². The molecule has 0 aliphatic carbocycles. The molecule has 2 aromatic rings. The van der Waals surface area contributed by atoms with Crippen molar-refractivity contribution in [1.82, 2.24) is 20.2 Å². The predicted octanol–water partition coefficient (Wildman–Crippen LogP) is 1.13. The van der Waals surface area contributed by atoms with E-state index in [9.17, 15) is 0 Å². The number of rotatable bonds is 3. The van der Waals surface area contributed by atoms with Crippen LogP contribution in [0.2, 0.25) is 0 Å². The Kier molecular flexibility index (Phi) is 3.91. The first-order valence-electron chi connectivity index (χ1n) is 5.39. The van der Waals surface area contributed by atoms with E-state index >= 15 is 0 Å². The van der Waals surface area contributed by atoms with Gasteiger partial charge in [0.25, 0.3) is 0 Å². The van der Waals surface area contributed by atoms with Crippen LogP contribution in [0, 0.1) is 13.8 Å². The zero-order valence-corrected chi connectivity index (χ0v) is 11.2. The minimum atomic E-state index is 0.00653. The number of amidine groups is 1. The number of aryl methyl sites for hydroxylation is 1. The van der Waals surface area contributed by atoms with Crippen LogP contribution in [0.1, 0.15) is 16.8 Å². The summed E-state index contributed by atoms with van der Waals surface area (Å²) in [5.41, 5.74) is 7.82. The zero-order chi connectivity index (χ0) is 13.8. The maximum Gasteiger partial charge on any atom is 0.173 e. The molecule has 0 bridgehead atoms. The van der Waals surface area contributed by atoms with Gasteiger partial charge in [-0.3, -0.25) is 0 Å². The summed E-state index contributed by atoms with van der Waals surface area (Å²) >= 11 is 1.28. The van der Waals surface area contributed by atoms with Crippen LogP contribution in [0.4, 0.5) is 0 Å². The lowest BCUT2D eigenvalue weighted by molar-refractivity contribution is 0.318. The molecule has 8 heteroatoms. The summed E-state index contributed by atoms with van der Waals surface area (Å²) < 4.78 is 0. The number of nitrogens with zero attached hydrogens (tertiary/aromatic N) is 5. The van der Waals surface area contributed by atoms with Crippen LogP contribution in [-0.2, 0) is 0 Å². The van der Waals surface area contributed by atoms with Gasteiger partial charge in [-0.15, -0.1) is 5.10 Å². The highest BCUT2D eigenvalue weighted by molar-refractivity contribution is 7.99. The first kappa shape index (κ1) is 13.2. The van der Waals surface area contributed by atoms with Crippen molar-refractivity contribution in [3.05, 3.63) is 35.4 Å². The zero-order valence-electron chi connectivity index (χ0n) is 10.4. The van der Waals surface area contributed by atoms with Gasteiger partial charge in [0.05, 0.1) is 11.3 Å². The number of nitrogens with two attached hydrogens (primary N) is 1. The van der Waals surface area contributed by atoms with Gasteiger partial charge in [0, 0.05) is 6.20 Å². The standard InChI is InChI=1S/C11H12N6OS/c1-6-7(2)15-16-11(9(6)10(12)17-18)19-8-3-4-13-5-14-8/h3-5,18H,1-2H3,(H2,12,17). The lowest BCUT2D eigenvalue weighted by Crippen LogP contribution is -2.18. The van der Waals surface area contributed by atoms with Crippen molar-refractivity contribution >= 4 is 17.6 Å². The number of aromatic nitrogens is 4. The molecule has 0 aliphatic rings. The molecule has 0 saturated carbocycles. The van der Waals surface area contributed by atoms with E-state index in [1.54, 1.807) is 12.3 Å². The minimum absolute atomic E-state index is 0.00653. The highest BCUT2D eigenvalue weighted by atomic mass is 32.2. The average molecular weight is 276 g/mol. The molecule has 0 radical (unpaired) electrons. The van der Waals surface area contributed by atoms with Crippen molar-refractivity contribution in [2.75, 3.05) is 0 Å². The van der Waals surface area contributed by atoms with Crippen LogP contribution < -0.4 is 5.73 Å². The molecular weight excluding hydrogens is 264 g/mol. The molecule has 0 unspecified atom stereocenters. The third-order valence-electron chi connectivity index (χ3n) is 2.54. The smallest absolute Gasteiger partial charge is 0.173 e. The van der Waals surface area contributed by atoms with Crippen LogP contribution >= 0.6 is 11.8 Å². The second-order valence-corrected chi connectivity index (χ2v) is 4.73. The SMILES string of the molecule is Cc1nnc(Sc2ccncn2)c(C(N)=NO)c1C. The minimum Gasteiger partial charge on any atom is -0.409 e. The summed E-state index contributed by atoms with van der Waals surface area (Å²) in [6.45, 7) is 3.66. The number of oxime groups is 1. The van der Waals surface area contributed by atoms with Gasteiger partial charge < -0.3 is 10.9 Å². The molecular formula is C11H12N6OS. The summed E-state index contributed by atoms with van der Waals surface area (Å²) in [4.78, 5) is 7.94. The lowest BCUT2D eigenvalue weighted by Gasteiger charge is -2.10. The fourth-order valence-corrected chi connectivity index (χ4v) is 2.32. The molecule has 0 fully saturated rings. The van der Waals surface area contributed by atoms with E-state index in [0.717, 1.165) is 11.3 Å². The number of hydrogen-bond acceptors (Lipinski definition) is 7. The van der Waals surface area contributed by atoms with Crippen LogP contribution in [-0.4, -0.2) is 31.2 Å². The molecule has 0 spiro atoms. The topological polar surface area (TPSA) is 110 Å². The Morgan fingerprint density at radius 1 is 1.37 bits per heavy atom. The van der Waals surface area contributed by atoms with Gasteiger partial charge in [-0.2, -0.15) is 5.10 Å². The molecule has 3 N–H and O–H groups in total. The highest BCUT2D eigenvalue weighted by Gasteiger charge is 2.16. The van der Waals surface area contributed by atoms with Crippen LogP contribution in [0.25, 0.3) is 0 Å². The molecule has 19 heavy (non-hydrogen) atoms. The Labute approximate surface area is 114 Å². The first-order valence-corrected chi connectivity index (χ1v) is 6.20. The first-order chi connectivity index (χ1) is 9.13. The Bertz CT molecular complexity index is 616. The molecule has 7 nitrogen and oxygen atoms in total. The van der Waals surface area contributed by atoms with Gasteiger partial charge in [-0.1, -0.05) is 5.16 Å². The molecule has 2 aromatic heterocycles. The molecule has 0 saturated heterocycles. The summed E-state index contributed by atoms with van der Waals surface area (Å²) in [7, 11) is 0. The lowest BCUT2D eigenvalue weighted by atomic mass is 10.1. The van der Waals surface area contributed by atoms with Gasteiger partial charge in [-0.05, 0) is 37.2 Å². The molecule has 2 heterocycles. The number of hydrogen-bond donors (Lipinski definition) is 2. The molecule has 98 valence electrons. The Hall–Kier alpha value is -2.22. The van der Waals surface area contributed by atoms with E-state index in [1.807, 2.05) is 13.8 Å². The van der Waals surface area contributed by atoms with Crippen molar-refractivity contribution in [1.29, 1.82) is 0 Å². The fourth-order valence-electron chi connectivity index (χ4n) is 1.45. The maximum atomic E-state index is 8.87. The summed E-state index contributed by atoms with van der Waals surface area (Å²) in [5, 5.41) is 21.3. The Balaban J connectivity index is 2.49. The monoisotopic (exact) mass is 276 g/mol. The van der Waals surface area contributed by atoms with E-state index in [2.05, 4.69) is 25.3 Å². The molecule has 2 rings (SSSR count). The van der Waals surface area contributed by atoms with Crippen LogP contribution in [0.5, 0.6) is 0 Å². The van der Waals surface area contributed by atoms with Crippen molar-refractivity contribution in [2.24, 2.45) is 10.9 Å². The van der Waals surface area contributed by atoms with E-state index in [4.69, 9.17) is 10.9 Å². The predicted molar refractivity (Wildman–Crippen MR) is 70.2 cm³/mol. The summed E-state index contributed by atoms with van der Waals surface area (Å²) in [6, 6.07) is 1.75. The fraction of sp³-hybridized carbons (Fsp3) is 0.182. The van der Waals surface area contributed by atoms with Gasteiger partial charge in [0.15, 0.2) is 5.84 Å². The van der Waals surface area contributed by atoms with E-state index in [0.29, 0.717) is 15.6 Å². The second kappa shape index (κ2) is 5.61. The third kappa shape index (κ3) is 2.79. The van der Waals surface area contributed by atoms with E-state index in [1.165, 1.54) is 18.1 Å². The van der Waals surface area contributed by atoms with Crippen molar-refractivity contribution < 1.29 is 5.21 Å². The summed E-state index contributed by atoms with van der Waals surface area (Å²) in [6.07, 6.45) is 3.08. The third-order valence-corrected chi connectivity index (χ3v) is 3.47. The highest BCUT2D eigenvalue weighted by Crippen LogP contribution is 2.28. The van der Waals surface area contributed by atoms with Crippen LogP contribution in [0.15, 0.2) is 33.8 Å². The molecule has 0 aliphatic heterocycles. The van der Waals surface area contributed by atoms with Gasteiger partial charge in [0.2, 0.25) is 0 Å². The normalized spacial score (nSPS) is 11.6. The van der Waals surface area contributed by atoms with E-state index < -0.39 is 0 Å². The largest absolute Gasteiger partial charge is 0.409 e. The van der Waals surface area contributed by atoms with Crippen molar-refractivity contribution in [3.63, 3.8) is 0 Å². The second-order valence-electron chi connectivity index (χ2n) is 3.73. The quantitative estimate of drug-likeness (QED) is 0.284. The maximum absolute atomic E-state index is 8.87. The van der Waals surface area contributed by atoms with Gasteiger partial charge in [-0.25, -0.2) is 9.97 Å². The molecule has 0 aromatic carbocycles. The summed E-state index contributed by atoms with van der Waals surface area (Å²) in [5.74, 6) is 0.00653. The van der Waals surface area contributed by atoms with Gasteiger partial charge in [0.1, 0.15) is 16.4 Å². The Morgan fingerprint density at radius 3 is 2.79 bits per heavy atom. The van der Waals surface area contributed by atoms with Crippen molar-refractivity contribution in [3.8, 4) is 0 Å². The Morgan fingerprint density at radius 2 is 2.16 bits per heavy atom. The average Bonchev–Trinajstić information content (AvgIpc) is 2.44. The molecule has 0 amide bonds. The van der Waals surface area contributed by atoms with Crippen molar-refractivity contribution in [2.45, 2.75) is 23.9 Å². The molecule has 0 atom stereocenters. The van der Waals surface area contributed by atoms with E-state index in [-0.39, 0.29) is 5.84 Å².